The number of halogens is 5. The first kappa shape index (κ1) is 22.0. The first-order chi connectivity index (χ1) is 31.8. The number of fused-ring (bicyclic) bond motifs is 1. The smallest absolute Gasteiger partial charge is 0.383 e. The Morgan fingerprint density at radius 1 is 1.04 bits per heavy atom. The maximum Gasteiger partial charge on any atom is 0.416 e. The molecule has 1 atom stereocenters. The van der Waals surface area contributed by atoms with Crippen LogP contribution in [0.15, 0.2) is 107 Å². The standard InChI is InChI=1S/C41H40F5N3O3S/c1-27(28-10-12-29(13-11-28)30-14-16-32(17-15-30)41(44,45)46)49(33-18-20-47(21-19-33)22-23-52-2)38(51)25-48-36-9-4-3-7-34(36)37(50)24-39(48)53-26-31-6-5-8-35(42)40(31)43/h3-17,24,27,33H,18-23,25-26H2,1-2H3/i2D3,18D2,19D2,20D2,21D2,22D2,23D2,27D,33D. The molecule has 4 aromatic carbocycles. The summed E-state index contributed by atoms with van der Waals surface area (Å²) in [6.45, 7) is -18.2. The van der Waals surface area contributed by atoms with Gasteiger partial charge in [-0.25, -0.2) is 8.78 Å². The lowest BCUT2D eigenvalue weighted by Gasteiger charge is -2.42. The number of para-hydroxylation sites is 1. The van der Waals surface area contributed by atoms with E-state index in [-0.39, 0.29) is 37.5 Å². The minimum Gasteiger partial charge on any atom is -0.383 e. The van der Waals surface area contributed by atoms with Crippen LogP contribution in [0.5, 0.6) is 0 Å². The molecule has 0 saturated carbocycles. The molecule has 1 amide bonds. The molecule has 0 spiro atoms. The highest BCUT2D eigenvalue weighted by molar-refractivity contribution is 7.98. The number of rotatable bonds is 12. The van der Waals surface area contributed by atoms with Crippen LogP contribution in [0.1, 0.15) is 65.7 Å². The fourth-order valence-electron chi connectivity index (χ4n) is 5.48. The van der Waals surface area contributed by atoms with Gasteiger partial charge in [-0.3, -0.25) is 9.59 Å². The van der Waals surface area contributed by atoms with Gasteiger partial charge in [0.25, 0.3) is 0 Å². The van der Waals surface area contributed by atoms with Crippen LogP contribution in [0.2, 0.25) is 0 Å². The number of amides is 1. The average molecular weight is 767 g/mol. The Kier molecular flexibility index (Phi) is 6.91. The lowest BCUT2D eigenvalue weighted by molar-refractivity contribution is -0.138. The van der Waals surface area contributed by atoms with Gasteiger partial charge in [0.1, 0.15) is 6.54 Å². The third kappa shape index (κ3) is 8.83. The molecule has 1 unspecified atom stereocenters. The van der Waals surface area contributed by atoms with E-state index in [1.54, 1.807) is 0 Å². The Morgan fingerprint density at radius 3 is 2.40 bits per heavy atom. The van der Waals surface area contributed by atoms with Gasteiger partial charge in [0, 0.05) is 69.0 Å². The van der Waals surface area contributed by atoms with Crippen LogP contribution in [0.4, 0.5) is 22.0 Å². The molecule has 1 aromatic heterocycles. The first-order valence-corrected chi connectivity index (χ1v) is 16.6. The molecule has 0 bridgehead atoms. The number of thioether (sulfide) groups is 1. The van der Waals surface area contributed by atoms with Crippen molar-refractivity contribution in [1.82, 2.24) is 14.4 Å². The van der Waals surface area contributed by atoms with Crippen LogP contribution in [0.3, 0.4) is 0 Å². The molecule has 5 aromatic rings. The number of carbonyl (C=O) groups excluding carboxylic acids is 1. The summed E-state index contributed by atoms with van der Waals surface area (Å²) in [5, 5.41) is -0.248. The summed E-state index contributed by atoms with van der Waals surface area (Å²) in [6, 6.07) is 10.7. The van der Waals surface area contributed by atoms with Crippen molar-refractivity contribution < 1.29 is 54.8 Å². The van der Waals surface area contributed by atoms with E-state index in [1.165, 1.54) is 48.5 Å². The fraction of sp³-hybridized carbons (Fsp3) is 0.317. The first-order valence-electron chi connectivity index (χ1n) is 24.1. The molecule has 0 N–H and O–H groups in total. The summed E-state index contributed by atoms with van der Waals surface area (Å²) >= 11 is 0.680. The molecule has 6 rings (SSSR count). The lowest BCUT2D eigenvalue weighted by atomic mass is 9.96. The van der Waals surface area contributed by atoms with E-state index in [2.05, 4.69) is 4.74 Å². The van der Waals surface area contributed by atoms with Crippen molar-refractivity contribution in [3.63, 3.8) is 0 Å². The van der Waals surface area contributed by atoms with E-state index in [0.717, 1.165) is 60.0 Å². The Labute approximate surface area is 333 Å². The Hall–Kier alpha value is -4.52. The van der Waals surface area contributed by atoms with Gasteiger partial charge in [0.15, 0.2) is 17.1 Å². The van der Waals surface area contributed by atoms with Gasteiger partial charge in [-0.2, -0.15) is 13.2 Å². The van der Waals surface area contributed by atoms with E-state index in [4.69, 9.17) is 15.1 Å². The van der Waals surface area contributed by atoms with Crippen LogP contribution < -0.4 is 5.43 Å². The van der Waals surface area contributed by atoms with Gasteiger partial charge in [-0.15, -0.1) is 11.8 Å². The number of hydrogen-bond donors (Lipinski definition) is 0. The van der Waals surface area contributed by atoms with Crippen molar-refractivity contribution in [2.75, 3.05) is 33.1 Å². The zero-order valence-corrected chi connectivity index (χ0v) is 28.3. The average Bonchev–Trinajstić information content (AvgIpc) is 3.23. The zero-order chi connectivity index (χ0) is 52.8. The fourth-order valence-corrected chi connectivity index (χ4v) is 6.52. The van der Waals surface area contributed by atoms with Crippen molar-refractivity contribution in [1.29, 1.82) is 0 Å². The molecule has 2 heterocycles. The van der Waals surface area contributed by atoms with Crippen molar-refractivity contribution >= 4 is 28.6 Å². The Morgan fingerprint density at radius 2 is 1.72 bits per heavy atom. The van der Waals surface area contributed by atoms with Crippen LogP contribution in [-0.4, -0.2) is 59.4 Å². The second-order valence-corrected chi connectivity index (χ2v) is 12.4. The lowest BCUT2D eigenvalue weighted by Crippen LogP contribution is -2.49. The van der Waals surface area contributed by atoms with Crippen LogP contribution in [0, 0.1) is 11.6 Å². The van der Waals surface area contributed by atoms with Crippen LogP contribution >= 0.6 is 11.8 Å². The second kappa shape index (κ2) is 16.7. The van der Waals surface area contributed by atoms with E-state index < -0.39 is 115 Å². The highest BCUT2D eigenvalue weighted by atomic mass is 32.2. The number of piperidine rings is 1. The number of benzene rings is 4. The SMILES string of the molecule is [2H]C([2H])([2H])OC([2H])([2H])C([2H])([2H])N1C([2H])([2H])C([2H])([2H])C([2H])(N(C(=O)Cn2c(SCc3cccc(F)c3F)cc(=O)c3ccccc32)C([2H])(C)c2ccc(-c3ccc(C(F)(F)F)cc3)cc2)C([2H])([2H])C1([2H])[2H]. The molecule has 278 valence electrons. The third-order valence-electron chi connectivity index (χ3n) is 8.12. The zero-order valence-electron chi connectivity index (χ0n) is 44.5. The number of hydrogen-bond acceptors (Lipinski definition) is 5. The highest BCUT2D eigenvalue weighted by Gasteiger charge is 2.33. The highest BCUT2D eigenvalue weighted by Crippen LogP contribution is 2.34. The maximum absolute atomic E-state index is 15.5. The van der Waals surface area contributed by atoms with Crippen molar-refractivity contribution in [2.24, 2.45) is 0 Å². The number of likely N-dealkylation sites (tertiary alicyclic amines) is 1. The van der Waals surface area contributed by atoms with Crippen LogP contribution in [0.25, 0.3) is 22.0 Å². The number of ether oxygens (including phenoxy) is 1. The van der Waals surface area contributed by atoms with E-state index >= 15 is 4.79 Å². The monoisotopic (exact) mass is 766 g/mol. The van der Waals surface area contributed by atoms with Gasteiger partial charge in [0.2, 0.25) is 5.91 Å². The predicted molar refractivity (Wildman–Crippen MR) is 198 cm³/mol. The number of methoxy groups -OCH3 is 1. The summed E-state index contributed by atoms with van der Waals surface area (Å²) in [7, 11) is -3.81. The number of carbonyl (C=O) groups is 1. The van der Waals surface area contributed by atoms with Gasteiger partial charge < -0.3 is 19.1 Å². The van der Waals surface area contributed by atoms with E-state index in [1.807, 2.05) is 0 Å². The van der Waals surface area contributed by atoms with Crippen molar-refractivity contribution in [3.8, 4) is 11.1 Å². The summed E-state index contributed by atoms with van der Waals surface area (Å²) in [6.07, 6.45) is -13.7. The van der Waals surface area contributed by atoms with Gasteiger partial charge in [0.05, 0.1) is 38.3 Å². The van der Waals surface area contributed by atoms with Crippen LogP contribution in [-0.2, 0) is 28.0 Å². The molecule has 1 aliphatic heterocycles. The molecule has 53 heavy (non-hydrogen) atoms. The number of nitrogens with zero attached hydrogens (tertiary/aromatic N) is 3. The molecule has 0 radical (unpaired) electrons. The van der Waals surface area contributed by atoms with Gasteiger partial charge >= 0.3 is 6.18 Å². The molecule has 1 aliphatic rings. The van der Waals surface area contributed by atoms with Gasteiger partial charge in [-0.05, 0) is 66.7 Å². The molecular weight excluding hydrogens is 710 g/mol. The normalized spacial score (nSPS) is 25.3. The summed E-state index contributed by atoms with van der Waals surface area (Å²) < 4.78 is 223. The Bertz CT molecular complexity index is 2840. The summed E-state index contributed by atoms with van der Waals surface area (Å²) in [5.41, 5.74) is -1.97. The molecule has 6 nitrogen and oxygen atoms in total. The molecular formula is C41H40F5N3O3S. The minimum atomic E-state index is -4.69. The molecule has 1 fully saturated rings. The van der Waals surface area contributed by atoms with Gasteiger partial charge in [-0.1, -0.05) is 60.7 Å². The number of aromatic nitrogens is 1. The summed E-state index contributed by atoms with van der Waals surface area (Å²) in [4.78, 5) is 27.8. The van der Waals surface area contributed by atoms with E-state index in [0.29, 0.717) is 11.8 Å². The number of alkyl halides is 3. The topological polar surface area (TPSA) is 54.8 Å². The quantitative estimate of drug-likeness (QED) is 0.0938. The second-order valence-electron chi connectivity index (χ2n) is 11.4. The largest absolute Gasteiger partial charge is 0.416 e. The number of pyridine rings is 1. The molecule has 12 heteroatoms. The van der Waals surface area contributed by atoms with Crippen molar-refractivity contribution in [2.45, 2.75) is 55.2 Å². The third-order valence-corrected chi connectivity index (χ3v) is 9.21. The Balaban J connectivity index is 1.59. The molecule has 0 aliphatic carbocycles. The summed E-state index contributed by atoms with van der Waals surface area (Å²) in [5.74, 6) is -4.54. The predicted octanol–water partition coefficient (Wildman–Crippen LogP) is 8.96. The van der Waals surface area contributed by atoms with Crippen molar-refractivity contribution in [3.05, 3.63) is 136 Å². The maximum atomic E-state index is 15.5. The molecule has 1 saturated heterocycles. The minimum absolute atomic E-state index is 0.0707. The van der Waals surface area contributed by atoms with E-state index in [9.17, 15) is 35.0 Å².